The Kier molecular flexibility index (Phi) is 6.75. The third-order valence-electron chi connectivity index (χ3n) is 3.26. The predicted molar refractivity (Wildman–Crippen MR) is 96.7 cm³/mol. The number of hydrogen-bond donors (Lipinski definition) is 3. The van der Waals surface area contributed by atoms with Gasteiger partial charge in [0.05, 0.1) is 22.8 Å². The summed E-state index contributed by atoms with van der Waals surface area (Å²) >= 11 is 12.0. The number of benzene rings is 2. The Balaban J connectivity index is 1.86. The van der Waals surface area contributed by atoms with Crippen LogP contribution in [0.3, 0.4) is 0 Å². The lowest BCUT2D eigenvalue weighted by Gasteiger charge is -2.14. The molecule has 0 aliphatic heterocycles. The highest BCUT2D eigenvalue weighted by Gasteiger charge is 2.16. The molecule has 0 aliphatic carbocycles. The largest absolute Gasteiger partial charge is 0.322 e. The van der Waals surface area contributed by atoms with E-state index in [1.165, 1.54) is 18.2 Å². The van der Waals surface area contributed by atoms with Crippen molar-refractivity contribution in [3.05, 3.63) is 58.3 Å². The second-order valence-electron chi connectivity index (χ2n) is 5.51. The quantitative estimate of drug-likeness (QED) is 0.714. The number of amides is 2. The molecule has 0 aromatic heterocycles. The summed E-state index contributed by atoms with van der Waals surface area (Å²) in [5.74, 6) is -1.09. The van der Waals surface area contributed by atoms with Crippen molar-refractivity contribution in [1.29, 1.82) is 0 Å². The van der Waals surface area contributed by atoms with Crippen molar-refractivity contribution in [2.24, 2.45) is 0 Å². The number of halogens is 3. The summed E-state index contributed by atoms with van der Waals surface area (Å²) in [5.41, 5.74) is 0.706. The van der Waals surface area contributed by atoms with Crippen LogP contribution in [0.2, 0.25) is 10.0 Å². The molecule has 132 valence electrons. The van der Waals surface area contributed by atoms with E-state index in [-0.39, 0.29) is 24.9 Å². The average Bonchev–Trinajstić information content (AvgIpc) is 2.50. The van der Waals surface area contributed by atoms with E-state index in [9.17, 15) is 14.0 Å². The molecule has 3 N–H and O–H groups in total. The summed E-state index contributed by atoms with van der Waals surface area (Å²) in [7, 11) is 1.69. The molecule has 0 bridgehead atoms. The molecule has 0 aliphatic rings. The van der Waals surface area contributed by atoms with Gasteiger partial charge < -0.3 is 15.5 Å². The van der Waals surface area contributed by atoms with E-state index in [0.29, 0.717) is 26.3 Å². The van der Waals surface area contributed by atoms with E-state index in [2.05, 4.69) is 10.6 Å². The van der Waals surface area contributed by atoms with Crippen LogP contribution < -0.4 is 15.5 Å². The fraction of sp³-hybridized carbons (Fsp3) is 0.176. The molecule has 2 aromatic rings. The van der Waals surface area contributed by atoms with Gasteiger partial charge in [0.1, 0.15) is 5.82 Å². The highest BCUT2D eigenvalue weighted by Crippen LogP contribution is 2.29. The minimum absolute atomic E-state index is 0.0398. The van der Waals surface area contributed by atoms with Gasteiger partial charge in [-0.3, -0.25) is 9.59 Å². The zero-order chi connectivity index (χ0) is 18.4. The molecule has 0 saturated heterocycles. The fourth-order valence-electron chi connectivity index (χ4n) is 2.18. The van der Waals surface area contributed by atoms with Crippen molar-refractivity contribution in [2.75, 3.05) is 30.8 Å². The van der Waals surface area contributed by atoms with Gasteiger partial charge in [-0.15, -0.1) is 0 Å². The van der Waals surface area contributed by atoms with Crippen LogP contribution in [0.4, 0.5) is 15.8 Å². The average molecular weight is 385 g/mol. The van der Waals surface area contributed by atoms with Crippen LogP contribution in [-0.4, -0.2) is 32.0 Å². The molecule has 2 rings (SSSR count). The van der Waals surface area contributed by atoms with Gasteiger partial charge in [-0.1, -0.05) is 35.3 Å². The van der Waals surface area contributed by atoms with Gasteiger partial charge in [0.15, 0.2) is 13.1 Å². The van der Waals surface area contributed by atoms with Gasteiger partial charge in [0, 0.05) is 5.69 Å². The number of rotatable bonds is 6. The summed E-state index contributed by atoms with van der Waals surface area (Å²) in [6.45, 7) is 0.0817. The summed E-state index contributed by atoms with van der Waals surface area (Å²) in [6, 6.07) is 10.5. The minimum Gasteiger partial charge on any atom is -0.322 e. The molecule has 0 fully saturated rings. The second kappa shape index (κ2) is 8.80. The van der Waals surface area contributed by atoms with Crippen LogP contribution in [0.15, 0.2) is 42.5 Å². The molecule has 8 heteroatoms. The topological polar surface area (TPSA) is 62.6 Å². The van der Waals surface area contributed by atoms with Gasteiger partial charge in [0.25, 0.3) is 11.8 Å². The Morgan fingerprint density at radius 1 is 1.00 bits per heavy atom. The third-order valence-corrected chi connectivity index (χ3v) is 3.89. The van der Waals surface area contributed by atoms with E-state index in [1.807, 2.05) is 0 Å². The van der Waals surface area contributed by atoms with Crippen molar-refractivity contribution < 1.29 is 18.9 Å². The monoisotopic (exact) mass is 384 g/mol. The molecule has 0 saturated carbocycles. The Bertz CT molecular complexity index is 766. The lowest BCUT2D eigenvalue weighted by molar-refractivity contribution is -0.862. The molecule has 1 unspecified atom stereocenters. The fourth-order valence-corrected chi connectivity index (χ4v) is 2.67. The molecule has 5 nitrogen and oxygen atoms in total. The standard InChI is InChI=1S/C17H16Cl2FN3O2/c1-23(9-15(24)21-12-5-2-4-11(20)8-12)10-16(25)22-17-13(18)6-3-7-14(17)19/h2-8H,9-10H2,1H3,(H,21,24)(H,22,25)/p+1. The SMILES string of the molecule is C[NH+](CC(=O)Nc1cccc(F)c1)CC(=O)Nc1c(Cl)cccc1Cl. The molecule has 0 heterocycles. The van der Waals surface area contributed by atoms with Crippen LogP contribution in [0.1, 0.15) is 0 Å². The van der Waals surface area contributed by atoms with E-state index >= 15 is 0 Å². The Morgan fingerprint density at radius 2 is 1.56 bits per heavy atom. The molecule has 0 radical (unpaired) electrons. The van der Waals surface area contributed by atoms with E-state index in [0.717, 1.165) is 0 Å². The number of para-hydroxylation sites is 1. The van der Waals surface area contributed by atoms with Crippen LogP contribution in [-0.2, 0) is 9.59 Å². The lowest BCUT2D eigenvalue weighted by atomic mass is 10.3. The molecule has 25 heavy (non-hydrogen) atoms. The molecule has 2 aromatic carbocycles. The van der Waals surface area contributed by atoms with Crippen LogP contribution in [0.5, 0.6) is 0 Å². The number of carbonyl (C=O) groups is 2. The number of anilines is 2. The Labute approximate surface area is 154 Å². The molecule has 2 amide bonds. The maximum absolute atomic E-state index is 13.1. The number of nitrogens with one attached hydrogen (secondary N) is 3. The van der Waals surface area contributed by atoms with Crippen LogP contribution in [0, 0.1) is 5.82 Å². The van der Waals surface area contributed by atoms with Crippen molar-refractivity contribution in [1.82, 2.24) is 0 Å². The first-order valence-electron chi connectivity index (χ1n) is 7.45. The van der Waals surface area contributed by atoms with Crippen molar-refractivity contribution >= 4 is 46.4 Å². The van der Waals surface area contributed by atoms with E-state index in [4.69, 9.17) is 23.2 Å². The smallest absolute Gasteiger partial charge is 0.279 e. The lowest BCUT2D eigenvalue weighted by Crippen LogP contribution is -3.11. The van der Waals surface area contributed by atoms with E-state index in [1.54, 1.807) is 31.3 Å². The molecule has 0 spiro atoms. The van der Waals surface area contributed by atoms with E-state index < -0.39 is 5.82 Å². The van der Waals surface area contributed by atoms with Gasteiger partial charge in [-0.25, -0.2) is 4.39 Å². The van der Waals surface area contributed by atoms with Gasteiger partial charge >= 0.3 is 0 Å². The summed E-state index contributed by atoms with van der Waals surface area (Å²) in [5, 5.41) is 5.89. The van der Waals surface area contributed by atoms with Crippen molar-refractivity contribution in [2.45, 2.75) is 0 Å². The van der Waals surface area contributed by atoms with Crippen molar-refractivity contribution in [3.63, 3.8) is 0 Å². The minimum atomic E-state index is -0.436. The first-order valence-corrected chi connectivity index (χ1v) is 8.21. The van der Waals surface area contributed by atoms with Gasteiger partial charge in [-0.2, -0.15) is 0 Å². The third kappa shape index (κ3) is 6.01. The second-order valence-corrected chi connectivity index (χ2v) is 6.33. The number of likely N-dealkylation sites (N-methyl/N-ethyl adjacent to an activating group) is 1. The number of hydrogen-bond acceptors (Lipinski definition) is 2. The Hall–Kier alpha value is -2.15. The molecule has 1 atom stereocenters. The van der Waals surface area contributed by atoms with Crippen LogP contribution in [0.25, 0.3) is 0 Å². The highest BCUT2D eigenvalue weighted by atomic mass is 35.5. The molecular formula is C17H17Cl2FN3O2+. The van der Waals surface area contributed by atoms with Gasteiger partial charge in [-0.05, 0) is 30.3 Å². The number of quaternary nitrogens is 1. The Morgan fingerprint density at radius 3 is 2.16 bits per heavy atom. The highest BCUT2D eigenvalue weighted by molar-refractivity contribution is 6.39. The first-order chi connectivity index (χ1) is 11.8. The summed E-state index contributed by atoms with van der Waals surface area (Å²) in [6.07, 6.45) is 0. The summed E-state index contributed by atoms with van der Waals surface area (Å²) in [4.78, 5) is 24.7. The first kappa shape index (κ1) is 19.2. The van der Waals surface area contributed by atoms with Crippen molar-refractivity contribution in [3.8, 4) is 0 Å². The maximum Gasteiger partial charge on any atom is 0.279 e. The summed E-state index contributed by atoms with van der Waals surface area (Å²) < 4.78 is 13.1. The van der Waals surface area contributed by atoms with Crippen LogP contribution >= 0.6 is 23.2 Å². The normalized spacial score (nSPS) is 11.7. The molecular weight excluding hydrogens is 368 g/mol. The zero-order valence-corrected chi connectivity index (χ0v) is 14.9. The zero-order valence-electron chi connectivity index (χ0n) is 13.4. The predicted octanol–water partition coefficient (Wildman–Crippen LogP) is 2.22. The maximum atomic E-state index is 13.1. The van der Waals surface area contributed by atoms with Gasteiger partial charge in [0.2, 0.25) is 0 Å². The number of carbonyl (C=O) groups excluding carboxylic acids is 2.